The molecule has 21 N–H and O–H groups in total. The molecule has 0 saturated carbocycles. The van der Waals surface area contributed by atoms with E-state index in [1.165, 1.54) is 43.0 Å². The van der Waals surface area contributed by atoms with Gasteiger partial charge in [-0.1, -0.05) is 62.7 Å². The number of aliphatic carboxylic acids is 1. The number of nitrogens with one attached hydrogen (secondary N) is 9. The summed E-state index contributed by atoms with van der Waals surface area (Å²) >= 11 is 1.31. The summed E-state index contributed by atoms with van der Waals surface area (Å²) in [7, 11) is 0. The fourth-order valence-electron chi connectivity index (χ4n) is 7.51. The molecule has 29 nitrogen and oxygen atoms in total. The molecule has 0 fully saturated rings. The van der Waals surface area contributed by atoms with Crippen LogP contribution < -0.4 is 70.8 Å². The van der Waals surface area contributed by atoms with Crippen molar-refractivity contribution in [2.45, 2.75) is 120 Å². The van der Waals surface area contributed by atoms with E-state index < -0.39 is 152 Å². The predicted molar refractivity (Wildman–Crippen MR) is 292 cm³/mol. The van der Waals surface area contributed by atoms with Gasteiger partial charge >= 0.3 is 5.97 Å². The largest absolute Gasteiger partial charge is 0.508 e. The number of aliphatic imine (C=N–C) groups is 1. The first-order valence-electron chi connectivity index (χ1n) is 25.4. The number of aromatic hydroxyl groups is 1. The number of hydrogen-bond acceptors (Lipinski definition) is 17. The number of hydrogen-bond donors (Lipinski definition) is 17. The van der Waals surface area contributed by atoms with Crippen LogP contribution in [0, 0.1) is 5.92 Å². The molecule has 2 aromatic rings. The lowest BCUT2D eigenvalue weighted by atomic mass is 9.96. The van der Waals surface area contributed by atoms with E-state index in [2.05, 4.69) is 52.8 Å². The van der Waals surface area contributed by atoms with Crippen molar-refractivity contribution in [2.75, 3.05) is 38.2 Å². The molecular weight excluding hydrogens is 1070 g/mol. The van der Waals surface area contributed by atoms with Crippen molar-refractivity contribution in [3.63, 3.8) is 0 Å². The van der Waals surface area contributed by atoms with Gasteiger partial charge in [-0.2, -0.15) is 11.8 Å². The number of aliphatic hydroxyl groups is 2. The number of rotatable bonds is 36. The van der Waals surface area contributed by atoms with Crippen LogP contribution in [0.5, 0.6) is 5.75 Å². The van der Waals surface area contributed by atoms with Gasteiger partial charge in [0.1, 0.15) is 60.6 Å². The number of thioether (sulfide) groups is 1. The van der Waals surface area contributed by atoms with Crippen LogP contribution in [0.1, 0.15) is 64.0 Å². The van der Waals surface area contributed by atoms with Crippen LogP contribution in [-0.4, -0.2) is 184 Å². The van der Waals surface area contributed by atoms with Gasteiger partial charge in [0.2, 0.25) is 59.1 Å². The molecule has 0 unspecified atom stereocenters. The van der Waals surface area contributed by atoms with Crippen LogP contribution in [0.25, 0.3) is 0 Å². The van der Waals surface area contributed by atoms with Gasteiger partial charge in [-0.3, -0.25) is 57.7 Å². The Kier molecular flexibility index (Phi) is 30.1. The van der Waals surface area contributed by atoms with Crippen molar-refractivity contribution in [3.05, 3.63) is 65.7 Å². The van der Waals surface area contributed by atoms with Gasteiger partial charge in [0.05, 0.1) is 25.7 Å². The van der Waals surface area contributed by atoms with Gasteiger partial charge in [0.25, 0.3) is 0 Å². The lowest BCUT2D eigenvalue weighted by molar-refractivity contribution is -0.139. The number of nitrogens with zero attached hydrogens (tertiary/aromatic N) is 1. The molecular formula is C50H76N14O15S. The zero-order valence-corrected chi connectivity index (χ0v) is 45.7. The number of carbonyl (C=O) groups excluding carboxylic acids is 10. The molecule has 442 valence electrons. The van der Waals surface area contributed by atoms with E-state index in [1.807, 2.05) is 0 Å². The van der Waals surface area contributed by atoms with Gasteiger partial charge in [0, 0.05) is 19.4 Å². The van der Waals surface area contributed by atoms with Crippen molar-refractivity contribution < 1.29 is 73.2 Å². The molecule has 10 amide bonds. The average Bonchev–Trinajstić information content (AvgIpc) is 3.41. The number of nitrogens with two attached hydrogens (primary N) is 4. The molecule has 0 bridgehead atoms. The van der Waals surface area contributed by atoms with E-state index in [0.717, 1.165) is 0 Å². The van der Waals surface area contributed by atoms with E-state index in [4.69, 9.17) is 28.0 Å². The van der Waals surface area contributed by atoms with Crippen LogP contribution in [0.3, 0.4) is 0 Å². The van der Waals surface area contributed by atoms with E-state index in [9.17, 15) is 68.1 Å². The fraction of sp³-hybridized carbons (Fsp3) is 0.520. The molecule has 0 heterocycles. The molecule has 30 heteroatoms. The maximum absolute atomic E-state index is 14.4. The Labute approximate surface area is 466 Å². The van der Waals surface area contributed by atoms with Gasteiger partial charge in [-0.25, -0.2) is 0 Å². The van der Waals surface area contributed by atoms with Crippen molar-refractivity contribution >= 4 is 82.8 Å². The van der Waals surface area contributed by atoms with Gasteiger partial charge in [-0.15, -0.1) is 0 Å². The zero-order valence-electron chi connectivity index (χ0n) is 44.9. The lowest BCUT2D eigenvalue weighted by Gasteiger charge is -2.29. The Hall–Kier alpha value is -8.09. The first kappa shape index (κ1) is 68.0. The highest BCUT2D eigenvalue weighted by Gasteiger charge is 2.37. The highest BCUT2D eigenvalue weighted by molar-refractivity contribution is 7.98. The third-order valence-electron chi connectivity index (χ3n) is 12.1. The first-order valence-corrected chi connectivity index (χ1v) is 26.8. The minimum absolute atomic E-state index is 0.0150. The quantitative estimate of drug-likeness (QED) is 0.0172. The smallest absolute Gasteiger partial charge is 0.322 e. The van der Waals surface area contributed by atoms with Crippen LogP contribution in [-0.2, 0) is 65.6 Å². The van der Waals surface area contributed by atoms with Gasteiger partial charge in [0.15, 0.2) is 5.96 Å². The summed E-state index contributed by atoms with van der Waals surface area (Å²) in [5.74, 6) is -11.9. The third-order valence-corrected chi connectivity index (χ3v) is 12.7. The number of amides is 10. The molecule has 0 spiro atoms. The Morgan fingerprint density at radius 1 is 0.613 bits per heavy atom. The summed E-state index contributed by atoms with van der Waals surface area (Å²) in [4.78, 5) is 150. The number of carbonyl (C=O) groups is 11. The average molecular weight is 1150 g/mol. The Morgan fingerprint density at radius 2 is 1.10 bits per heavy atom. The number of carboxylic acids is 1. The highest BCUT2D eigenvalue weighted by Crippen LogP contribution is 2.15. The van der Waals surface area contributed by atoms with Crippen molar-refractivity contribution in [3.8, 4) is 5.75 Å². The standard InChI is InChI=1S/C50H76N14O15S/c1-5-26(2)40(48(78)60-34(21-29-13-15-30(67)16-14-29)44(74)59-35(22-37(52)68)46(76)58-32(17-19-80-4)42(72)56-24-39(70)71)63-47(77)36(25-65)62-45(75)33(20-28-10-7-6-8-11-28)61-49(79)41(27(3)66)64-43(73)31(57-38(69)23-51)12-9-18-55-50(53)54/h6-8,10-11,13-16,26-27,31-36,40-41,65-67H,5,9,12,17-25,51H2,1-4H3,(H2,52,68)(H,56,72)(H,57,69)(H,58,76)(H,59,74)(H,60,78)(H,61,79)(H,62,75)(H,63,77)(H,64,73)(H,70,71)(H4,53,54,55)/t26-,27+,31-,32-,33-,34-,35-,36-,40-,41-/m0/s1. The number of guanidine groups is 1. The molecule has 10 atom stereocenters. The summed E-state index contributed by atoms with van der Waals surface area (Å²) in [6.07, 6.45) is -0.794. The summed E-state index contributed by atoms with van der Waals surface area (Å²) in [6, 6.07) is 1.19. The van der Waals surface area contributed by atoms with Crippen molar-refractivity contribution in [1.29, 1.82) is 0 Å². The number of phenols is 1. The van der Waals surface area contributed by atoms with Crippen molar-refractivity contribution in [2.24, 2.45) is 33.8 Å². The minimum atomic E-state index is -1.80. The van der Waals surface area contributed by atoms with Crippen LogP contribution in [0.4, 0.5) is 0 Å². The van der Waals surface area contributed by atoms with Crippen LogP contribution >= 0.6 is 11.8 Å². The molecule has 2 rings (SSSR count). The molecule has 80 heavy (non-hydrogen) atoms. The molecule has 0 saturated heterocycles. The Morgan fingerprint density at radius 3 is 1.61 bits per heavy atom. The molecule has 0 aliphatic heterocycles. The second-order valence-electron chi connectivity index (χ2n) is 18.5. The summed E-state index contributed by atoms with van der Waals surface area (Å²) in [5.41, 5.74) is 22.5. The second-order valence-corrected chi connectivity index (χ2v) is 19.5. The number of aliphatic hydroxyl groups excluding tert-OH is 2. The number of carboxylic acid groups (broad SMARTS) is 1. The van der Waals surface area contributed by atoms with E-state index in [-0.39, 0.29) is 56.8 Å². The van der Waals surface area contributed by atoms with E-state index >= 15 is 0 Å². The van der Waals surface area contributed by atoms with Gasteiger partial charge in [-0.05, 0) is 67.4 Å². The summed E-state index contributed by atoms with van der Waals surface area (Å²) in [6.45, 7) is 2.21. The lowest BCUT2D eigenvalue weighted by Crippen LogP contribution is -2.63. The predicted octanol–water partition coefficient (Wildman–Crippen LogP) is -5.68. The fourth-order valence-corrected chi connectivity index (χ4v) is 7.98. The third kappa shape index (κ3) is 24.7. The number of primary amides is 1. The van der Waals surface area contributed by atoms with E-state index in [1.54, 1.807) is 50.4 Å². The van der Waals surface area contributed by atoms with Gasteiger partial charge < -0.3 is 91.2 Å². The monoisotopic (exact) mass is 1140 g/mol. The number of benzene rings is 2. The first-order chi connectivity index (χ1) is 37.8. The normalized spacial score (nSPS) is 14.6. The minimum Gasteiger partial charge on any atom is -0.508 e. The summed E-state index contributed by atoms with van der Waals surface area (Å²) in [5, 5.41) is 62.0. The molecule has 0 aliphatic carbocycles. The Balaban J connectivity index is 2.47. The molecule has 0 aromatic heterocycles. The molecule has 2 aromatic carbocycles. The van der Waals surface area contributed by atoms with Crippen molar-refractivity contribution in [1.82, 2.24) is 47.9 Å². The highest BCUT2D eigenvalue weighted by atomic mass is 32.2. The van der Waals surface area contributed by atoms with Crippen LogP contribution in [0.2, 0.25) is 0 Å². The molecule has 0 radical (unpaired) electrons. The SMILES string of the molecule is CC[C@H](C)[C@H](NC(=O)[C@H](CO)NC(=O)[C@H](Cc1ccccc1)NC(=O)[C@@H](NC(=O)[C@H](CCCN=C(N)N)NC(=O)CN)[C@@H](C)O)C(=O)N[C@@H](Cc1ccc(O)cc1)C(=O)N[C@@H](CC(N)=O)C(=O)N[C@@H](CCSC)C(=O)NCC(=O)O. The molecule has 0 aliphatic rings. The topological polar surface area (TPSA) is 493 Å². The maximum atomic E-state index is 14.4. The Bertz CT molecular complexity index is 2450. The summed E-state index contributed by atoms with van der Waals surface area (Å²) < 4.78 is 0. The van der Waals surface area contributed by atoms with Crippen LogP contribution in [0.15, 0.2) is 59.6 Å². The zero-order chi connectivity index (χ0) is 60.1. The maximum Gasteiger partial charge on any atom is 0.322 e. The number of phenolic OH excluding ortho intramolecular Hbond substituents is 1. The second kappa shape index (κ2) is 35.4. The van der Waals surface area contributed by atoms with E-state index in [0.29, 0.717) is 16.9 Å².